The highest BCUT2D eigenvalue weighted by Crippen LogP contribution is 2.25. The Morgan fingerprint density at radius 2 is 1.70 bits per heavy atom. The van der Waals surface area contributed by atoms with Gasteiger partial charge in [0.05, 0.1) is 11.0 Å². The van der Waals surface area contributed by atoms with Gasteiger partial charge in [0.1, 0.15) is 5.75 Å². The van der Waals surface area contributed by atoms with Gasteiger partial charge in [0.15, 0.2) is 0 Å². The first-order chi connectivity index (χ1) is 11.1. The minimum absolute atomic E-state index is 0.282. The minimum atomic E-state index is -3.45. The third kappa shape index (κ3) is 4.68. The number of rotatable bonds is 6. The summed E-state index contributed by atoms with van der Waals surface area (Å²) in [4.78, 5) is 0.295. The van der Waals surface area contributed by atoms with Crippen molar-refractivity contribution >= 4 is 10.0 Å². The summed E-state index contributed by atoms with van der Waals surface area (Å²) in [5.74, 6) is 1.11. The van der Waals surface area contributed by atoms with E-state index in [-0.39, 0.29) is 6.10 Å². The molecule has 0 spiro atoms. The third-order valence-corrected chi connectivity index (χ3v) is 6.08. The molecule has 1 aromatic rings. The normalized spacial score (nSPS) is 20.7. The van der Waals surface area contributed by atoms with Crippen LogP contribution in [0.4, 0.5) is 0 Å². The van der Waals surface area contributed by atoms with E-state index in [9.17, 15) is 8.42 Å². The predicted octanol–water partition coefficient (Wildman–Crippen LogP) is 2.71. The Hall–Kier alpha value is -1.11. The summed E-state index contributed by atoms with van der Waals surface area (Å²) in [5.41, 5.74) is 0. The van der Waals surface area contributed by atoms with Gasteiger partial charge in [0.2, 0.25) is 10.0 Å². The van der Waals surface area contributed by atoms with E-state index in [4.69, 9.17) is 9.47 Å². The SMILES string of the molecule is O=S(=O)(NCC1CCOCC1)c1ccc(OC2CCCC2)cc1. The van der Waals surface area contributed by atoms with Gasteiger partial charge in [-0.2, -0.15) is 0 Å². The van der Waals surface area contributed by atoms with Gasteiger partial charge >= 0.3 is 0 Å². The maximum atomic E-state index is 12.3. The molecule has 1 saturated carbocycles. The fraction of sp³-hybridized carbons (Fsp3) is 0.647. The van der Waals surface area contributed by atoms with Crippen LogP contribution in [0.5, 0.6) is 5.75 Å². The zero-order valence-electron chi connectivity index (χ0n) is 13.4. The zero-order valence-corrected chi connectivity index (χ0v) is 14.2. The first kappa shape index (κ1) is 16.7. The molecule has 6 heteroatoms. The topological polar surface area (TPSA) is 64.6 Å². The summed E-state index contributed by atoms with van der Waals surface area (Å²) in [5, 5.41) is 0. The quantitative estimate of drug-likeness (QED) is 0.865. The van der Waals surface area contributed by atoms with Crippen LogP contribution in [0.1, 0.15) is 38.5 Å². The van der Waals surface area contributed by atoms with Crippen molar-refractivity contribution in [2.45, 2.75) is 49.5 Å². The number of nitrogens with one attached hydrogen (secondary N) is 1. The molecule has 1 aliphatic carbocycles. The van der Waals surface area contributed by atoms with E-state index in [1.807, 2.05) is 0 Å². The predicted molar refractivity (Wildman–Crippen MR) is 88.1 cm³/mol. The van der Waals surface area contributed by atoms with Gasteiger partial charge in [-0.3, -0.25) is 0 Å². The first-order valence-corrected chi connectivity index (χ1v) is 9.96. The lowest BCUT2D eigenvalue weighted by molar-refractivity contribution is 0.0678. The van der Waals surface area contributed by atoms with E-state index in [0.717, 1.165) is 44.6 Å². The van der Waals surface area contributed by atoms with Gasteiger partial charge in [0.25, 0.3) is 0 Å². The number of hydrogen-bond donors (Lipinski definition) is 1. The van der Waals surface area contributed by atoms with Crippen LogP contribution in [0.2, 0.25) is 0 Å². The standard InChI is InChI=1S/C17H25NO4S/c19-23(20,18-13-14-9-11-21-12-10-14)17-7-5-16(6-8-17)22-15-3-1-2-4-15/h5-8,14-15,18H,1-4,9-13H2. The lowest BCUT2D eigenvalue weighted by atomic mass is 10.0. The molecule has 1 aliphatic heterocycles. The molecule has 0 amide bonds. The van der Waals surface area contributed by atoms with Gasteiger partial charge in [-0.25, -0.2) is 13.1 Å². The molecule has 128 valence electrons. The van der Waals surface area contributed by atoms with E-state index >= 15 is 0 Å². The number of benzene rings is 1. The Balaban J connectivity index is 1.56. The van der Waals surface area contributed by atoms with Crippen LogP contribution in [0.25, 0.3) is 0 Å². The summed E-state index contributed by atoms with van der Waals surface area (Å²) < 4.78 is 38.6. The van der Waals surface area contributed by atoms with Crippen LogP contribution < -0.4 is 9.46 Å². The second-order valence-electron chi connectivity index (χ2n) is 6.40. The molecule has 3 rings (SSSR count). The molecular formula is C17H25NO4S. The highest BCUT2D eigenvalue weighted by atomic mass is 32.2. The van der Waals surface area contributed by atoms with Crippen LogP contribution in [0.3, 0.4) is 0 Å². The summed E-state index contributed by atoms with van der Waals surface area (Å²) in [7, 11) is -3.45. The molecule has 0 atom stereocenters. The molecule has 2 fully saturated rings. The lowest BCUT2D eigenvalue weighted by Crippen LogP contribution is -2.32. The van der Waals surface area contributed by atoms with E-state index < -0.39 is 10.0 Å². The fourth-order valence-corrected chi connectivity index (χ4v) is 4.27. The van der Waals surface area contributed by atoms with Gasteiger partial charge in [-0.1, -0.05) is 0 Å². The van der Waals surface area contributed by atoms with Crippen LogP contribution in [0, 0.1) is 5.92 Å². The van der Waals surface area contributed by atoms with Gasteiger partial charge in [-0.15, -0.1) is 0 Å². The number of ether oxygens (including phenoxy) is 2. The van der Waals surface area contributed by atoms with Crippen LogP contribution in [-0.4, -0.2) is 34.3 Å². The van der Waals surface area contributed by atoms with Crippen molar-refractivity contribution < 1.29 is 17.9 Å². The average Bonchev–Trinajstić information content (AvgIpc) is 3.08. The van der Waals surface area contributed by atoms with Gasteiger partial charge < -0.3 is 9.47 Å². The molecule has 23 heavy (non-hydrogen) atoms. The van der Waals surface area contributed by atoms with Crippen molar-refractivity contribution in [2.75, 3.05) is 19.8 Å². The Kier molecular flexibility index (Phi) is 5.56. The van der Waals surface area contributed by atoms with Crippen LogP contribution in [-0.2, 0) is 14.8 Å². The van der Waals surface area contributed by atoms with Crippen molar-refractivity contribution in [3.63, 3.8) is 0 Å². The maximum absolute atomic E-state index is 12.3. The van der Waals surface area contributed by atoms with Crippen molar-refractivity contribution in [3.8, 4) is 5.75 Å². The number of hydrogen-bond acceptors (Lipinski definition) is 4. The molecule has 0 radical (unpaired) electrons. The lowest BCUT2D eigenvalue weighted by Gasteiger charge is -2.22. The minimum Gasteiger partial charge on any atom is -0.490 e. The Morgan fingerprint density at radius 1 is 1.04 bits per heavy atom. The maximum Gasteiger partial charge on any atom is 0.240 e. The monoisotopic (exact) mass is 339 g/mol. The fourth-order valence-electron chi connectivity index (χ4n) is 3.16. The third-order valence-electron chi connectivity index (χ3n) is 4.64. The largest absolute Gasteiger partial charge is 0.490 e. The van der Waals surface area contributed by atoms with Crippen LogP contribution in [0.15, 0.2) is 29.2 Å². The molecule has 0 bridgehead atoms. The van der Waals surface area contributed by atoms with Crippen molar-refractivity contribution in [1.82, 2.24) is 4.72 Å². The van der Waals surface area contributed by atoms with E-state index in [1.165, 1.54) is 12.8 Å². The molecule has 0 aromatic heterocycles. The van der Waals surface area contributed by atoms with E-state index in [2.05, 4.69) is 4.72 Å². The summed E-state index contributed by atoms with van der Waals surface area (Å²) in [6.45, 7) is 1.92. The summed E-state index contributed by atoms with van der Waals surface area (Å²) >= 11 is 0. The van der Waals surface area contributed by atoms with Crippen molar-refractivity contribution in [2.24, 2.45) is 5.92 Å². The second-order valence-corrected chi connectivity index (χ2v) is 8.17. The Morgan fingerprint density at radius 3 is 2.35 bits per heavy atom. The Bertz CT molecular complexity index is 588. The number of sulfonamides is 1. The molecule has 5 nitrogen and oxygen atoms in total. The molecule has 1 N–H and O–H groups in total. The highest BCUT2D eigenvalue weighted by Gasteiger charge is 2.20. The van der Waals surface area contributed by atoms with E-state index in [1.54, 1.807) is 24.3 Å². The van der Waals surface area contributed by atoms with Gasteiger partial charge in [-0.05, 0) is 68.7 Å². The smallest absolute Gasteiger partial charge is 0.240 e. The molecule has 0 unspecified atom stereocenters. The first-order valence-electron chi connectivity index (χ1n) is 8.47. The van der Waals surface area contributed by atoms with Crippen LogP contribution >= 0.6 is 0 Å². The molecule has 1 heterocycles. The molecular weight excluding hydrogens is 314 g/mol. The van der Waals surface area contributed by atoms with E-state index in [0.29, 0.717) is 17.4 Å². The summed E-state index contributed by atoms with van der Waals surface area (Å²) in [6, 6.07) is 6.75. The molecule has 1 saturated heterocycles. The average molecular weight is 339 g/mol. The van der Waals surface area contributed by atoms with Crippen molar-refractivity contribution in [1.29, 1.82) is 0 Å². The molecule has 1 aromatic carbocycles. The van der Waals surface area contributed by atoms with Gasteiger partial charge in [0, 0.05) is 19.8 Å². The Labute approximate surface area is 138 Å². The molecule has 2 aliphatic rings. The highest BCUT2D eigenvalue weighted by molar-refractivity contribution is 7.89. The summed E-state index contributed by atoms with van der Waals surface area (Å²) in [6.07, 6.45) is 6.72. The zero-order chi connectivity index (χ0) is 16.1. The van der Waals surface area contributed by atoms with Crippen molar-refractivity contribution in [3.05, 3.63) is 24.3 Å². The second kappa shape index (κ2) is 7.64.